The molecular weight excluding hydrogens is 616 g/mol. The van der Waals surface area contributed by atoms with Crippen LogP contribution in [0.4, 0.5) is 5.69 Å². The third kappa shape index (κ3) is 5.72. The summed E-state index contributed by atoms with van der Waals surface area (Å²) >= 11 is 6.59. The molecule has 10 heteroatoms. The van der Waals surface area contributed by atoms with Gasteiger partial charge in [0.15, 0.2) is 0 Å². The number of H-pyrrole nitrogens is 2. The minimum atomic E-state index is -0.151. The van der Waals surface area contributed by atoms with Crippen molar-refractivity contribution >= 4 is 50.9 Å². The lowest BCUT2D eigenvalue weighted by Crippen LogP contribution is -2.40. The predicted molar refractivity (Wildman–Crippen MR) is 182 cm³/mol. The highest BCUT2D eigenvalue weighted by Gasteiger charge is 2.37. The number of anilines is 1. The van der Waals surface area contributed by atoms with Crippen LogP contribution in [0.5, 0.6) is 11.5 Å². The Bertz CT molecular complexity index is 1940. The van der Waals surface area contributed by atoms with Crippen LogP contribution in [-0.2, 0) is 11.3 Å². The molecule has 2 amide bonds. The summed E-state index contributed by atoms with van der Waals surface area (Å²) < 4.78 is 18.1. The zero-order chi connectivity index (χ0) is 31.9. The van der Waals surface area contributed by atoms with Crippen molar-refractivity contribution in [1.82, 2.24) is 14.9 Å². The normalized spacial score (nSPS) is 18.3. The average Bonchev–Trinajstić information content (AvgIpc) is 3.92. The molecule has 2 aromatic heterocycles. The maximum Gasteiger partial charge on any atom is 0.274 e. The average molecular weight is 653 g/mol. The smallest absolute Gasteiger partial charge is 0.274 e. The molecule has 8 rings (SSSR count). The topological polar surface area (TPSA) is 99.9 Å². The Labute approximate surface area is 277 Å². The van der Waals surface area contributed by atoms with Gasteiger partial charge in [-0.2, -0.15) is 0 Å². The summed E-state index contributed by atoms with van der Waals surface area (Å²) in [5, 5.41) is 1.77. The van der Waals surface area contributed by atoms with Crippen LogP contribution in [0.1, 0.15) is 63.7 Å². The van der Waals surface area contributed by atoms with Crippen molar-refractivity contribution in [3.63, 3.8) is 0 Å². The number of alkyl halides is 1. The maximum absolute atomic E-state index is 14.3. The van der Waals surface area contributed by atoms with Crippen molar-refractivity contribution in [2.45, 2.75) is 44.3 Å². The van der Waals surface area contributed by atoms with E-state index in [-0.39, 0.29) is 23.8 Å². The van der Waals surface area contributed by atoms with Crippen molar-refractivity contribution in [2.75, 3.05) is 43.6 Å². The van der Waals surface area contributed by atoms with Crippen LogP contribution in [0.3, 0.4) is 0 Å². The third-order valence-corrected chi connectivity index (χ3v) is 10.00. The Hall–Kier alpha value is -4.47. The van der Waals surface area contributed by atoms with Crippen LogP contribution < -0.4 is 14.4 Å². The molecule has 2 N–H and O–H groups in total. The number of hydrogen-bond donors (Lipinski definition) is 2. The number of nitrogens with one attached hydrogen (secondary N) is 2. The molecule has 0 bridgehead atoms. The van der Waals surface area contributed by atoms with Gasteiger partial charge in [0.25, 0.3) is 11.8 Å². The summed E-state index contributed by atoms with van der Waals surface area (Å²) in [5.41, 5.74) is 5.26. The summed E-state index contributed by atoms with van der Waals surface area (Å²) in [7, 11) is 0. The lowest BCUT2D eigenvalue weighted by Gasteiger charge is -2.26. The Morgan fingerprint density at radius 3 is 2.49 bits per heavy atom. The van der Waals surface area contributed by atoms with Crippen LogP contribution in [0.2, 0.25) is 0 Å². The highest BCUT2D eigenvalue weighted by molar-refractivity contribution is 6.19. The standard InChI is InChI=1S/C37H37ClN4O5/c38-20-25-21-42(37(44)30-17-24-16-27(10-11-29(24)39-30)47-26-8-4-5-9-26)32-19-33(46-22-23-6-2-1-3-7-23)35-28(34(25)32)18-31(40-35)36(43)41-12-14-45-15-13-41/h1-3,6-7,10-11,16-19,25-26,39-40H,4-5,8-9,12-15,20-22H2/t25-/m1/s1. The molecule has 1 saturated carbocycles. The summed E-state index contributed by atoms with van der Waals surface area (Å²) in [6.45, 7) is 2.85. The van der Waals surface area contributed by atoms with E-state index in [1.165, 1.54) is 12.8 Å². The van der Waals surface area contributed by atoms with E-state index >= 15 is 0 Å². The zero-order valence-corrected chi connectivity index (χ0v) is 26.9. The highest BCUT2D eigenvalue weighted by Crippen LogP contribution is 2.46. The van der Waals surface area contributed by atoms with E-state index in [0.29, 0.717) is 62.5 Å². The molecule has 3 aromatic carbocycles. The molecule has 242 valence electrons. The number of carbonyl (C=O) groups is 2. The first-order chi connectivity index (χ1) is 23.1. The van der Waals surface area contributed by atoms with Crippen molar-refractivity contribution in [3.05, 3.63) is 89.2 Å². The molecule has 1 aliphatic carbocycles. The molecule has 0 radical (unpaired) electrons. The number of rotatable bonds is 8. The van der Waals surface area contributed by atoms with E-state index in [9.17, 15) is 9.59 Å². The maximum atomic E-state index is 14.3. The molecule has 1 atom stereocenters. The number of benzene rings is 3. The molecule has 0 spiro atoms. The Kier molecular flexibility index (Phi) is 8.03. The van der Waals surface area contributed by atoms with Gasteiger partial charge < -0.3 is 34.0 Å². The fraction of sp³-hybridized carbons (Fsp3) is 0.351. The zero-order valence-electron chi connectivity index (χ0n) is 26.1. The van der Waals surface area contributed by atoms with Gasteiger partial charge >= 0.3 is 0 Å². The number of aromatic nitrogens is 2. The number of fused-ring (bicyclic) bond motifs is 4. The number of amides is 2. The second-order valence-corrected chi connectivity index (χ2v) is 13.0. The fourth-order valence-electron chi connectivity index (χ4n) is 7.20. The monoisotopic (exact) mass is 652 g/mol. The predicted octanol–water partition coefficient (Wildman–Crippen LogP) is 7.00. The Morgan fingerprint density at radius 1 is 0.915 bits per heavy atom. The molecular formula is C37H37ClN4O5. The van der Waals surface area contributed by atoms with Crippen molar-refractivity contribution in [1.29, 1.82) is 0 Å². The lowest BCUT2D eigenvalue weighted by molar-refractivity contribution is 0.0299. The van der Waals surface area contributed by atoms with Gasteiger partial charge in [-0.05, 0) is 67.1 Å². The van der Waals surface area contributed by atoms with Gasteiger partial charge in [0.05, 0.1) is 30.5 Å². The largest absolute Gasteiger partial charge is 0.490 e. The van der Waals surface area contributed by atoms with Crippen LogP contribution >= 0.6 is 11.6 Å². The SMILES string of the molecule is O=C(c1cc2c3c(cc(OCc4ccccc4)c2[nH]1)N(C(=O)c1cc2cc(OC4CCCC4)ccc2[nH]1)C[C@H]3CCl)N1CCOCC1. The van der Waals surface area contributed by atoms with E-state index in [4.69, 9.17) is 25.8 Å². The third-order valence-electron chi connectivity index (χ3n) is 9.62. The van der Waals surface area contributed by atoms with E-state index in [1.54, 1.807) is 9.80 Å². The number of ether oxygens (including phenoxy) is 3. The molecule has 2 aliphatic heterocycles. The van der Waals surface area contributed by atoms with Crippen molar-refractivity contribution in [3.8, 4) is 11.5 Å². The van der Waals surface area contributed by atoms with E-state index in [0.717, 1.165) is 57.2 Å². The van der Waals surface area contributed by atoms with Crippen LogP contribution in [-0.4, -0.2) is 71.5 Å². The first-order valence-electron chi connectivity index (χ1n) is 16.5. The molecule has 3 aliphatic rings. The minimum absolute atomic E-state index is 0.0880. The highest BCUT2D eigenvalue weighted by atomic mass is 35.5. The summed E-state index contributed by atoms with van der Waals surface area (Å²) in [6, 6.07) is 21.6. The number of halogens is 1. The molecule has 4 heterocycles. The second kappa shape index (κ2) is 12.6. The molecule has 1 saturated heterocycles. The Balaban J connectivity index is 1.16. The fourth-order valence-corrected chi connectivity index (χ4v) is 7.45. The summed E-state index contributed by atoms with van der Waals surface area (Å²) in [5.74, 6) is 1.36. The van der Waals surface area contributed by atoms with Crippen LogP contribution in [0, 0.1) is 0 Å². The number of carbonyl (C=O) groups excluding carboxylic acids is 2. The van der Waals surface area contributed by atoms with E-state index in [2.05, 4.69) is 9.97 Å². The minimum Gasteiger partial charge on any atom is -0.490 e. The quantitative estimate of drug-likeness (QED) is 0.176. The van der Waals surface area contributed by atoms with Gasteiger partial charge in [-0.3, -0.25) is 9.59 Å². The molecule has 47 heavy (non-hydrogen) atoms. The first-order valence-corrected chi connectivity index (χ1v) is 17.0. The molecule has 9 nitrogen and oxygen atoms in total. The number of morpholine rings is 1. The van der Waals surface area contributed by atoms with Gasteiger partial charge in [0.1, 0.15) is 29.5 Å². The van der Waals surface area contributed by atoms with Gasteiger partial charge in [0, 0.05) is 53.8 Å². The molecule has 0 unspecified atom stereocenters. The van der Waals surface area contributed by atoms with E-state index in [1.807, 2.05) is 66.7 Å². The first kappa shape index (κ1) is 29.9. The summed E-state index contributed by atoms with van der Waals surface area (Å²) in [6.07, 6.45) is 4.83. The Morgan fingerprint density at radius 2 is 1.70 bits per heavy atom. The van der Waals surface area contributed by atoms with Gasteiger partial charge in [-0.1, -0.05) is 30.3 Å². The number of nitrogens with zero attached hydrogens (tertiary/aromatic N) is 2. The molecule has 2 fully saturated rings. The van der Waals surface area contributed by atoms with Crippen LogP contribution in [0.15, 0.2) is 66.7 Å². The molecule has 5 aromatic rings. The van der Waals surface area contributed by atoms with Crippen LogP contribution in [0.25, 0.3) is 21.8 Å². The summed E-state index contributed by atoms with van der Waals surface area (Å²) in [4.78, 5) is 38.1. The van der Waals surface area contributed by atoms with Crippen molar-refractivity contribution < 1.29 is 23.8 Å². The number of aromatic amines is 2. The van der Waals surface area contributed by atoms with Crippen molar-refractivity contribution in [2.24, 2.45) is 0 Å². The van der Waals surface area contributed by atoms with Gasteiger partial charge in [-0.25, -0.2) is 0 Å². The number of hydrogen-bond acceptors (Lipinski definition) is 5. The second-order valence-electron chi connectivity index (χ2n) is 12.7. The van der Waals surface area contributed by atoms with Gasteiger partial charge in [-0.15, -0.1) is 11.6 Å². The van der Waals surface area contributed by atoms with Gasteiger partial charge in [0.2, 0.25) is 0 Å². The lowest BCUT2D eigenvalue weighted by atomic mass is 9.98. The van der Waals surface area contributed by atoms with E-state index < -0.39 is 0 Å².